The van der Waals surface area contributed by atoms with E-state index in [1.165, 1.54) is 4.90 Å². The SMILES string of the molecule is CCN(CCO)C(=O)C(=O)NCCN(C)C. The Labute approximate surface area is 96.2 Å². The van der Waals surface area contributed by atoms with Crippen LogP contribution in [0.4, 0.5) is 0 Å². The van der Waals surface area contributed by atoms with Crippen LogP contribution in [0.15, 0.2) is 0 Å². The topological polar surface area (TPSA) is 72.9 Å². The zero-order chi connectivity index (χ0) is 12.6. The third-order valence-electron chi connectivity index (χ3n) is 2.08. The van der Waals surface area contributed by atoms with Crippen LogP contribution in [0.2, 0.25) is 0 Å². The van der Waals surface area contributed by atoms with Gasteiger partial charge >= 0.3 is 11.8 Å². The van der Waals surface area contributed by atoms with E-state index in [1.807, 2.05) is 19.0 Å². The lowest BCUT2D eigenvalue weighted by Gasteiger charge is -2.19. The highest BCUT2D eigenvalue weighted by Crippen LogP contribution is 1.89. The quantitative estimate of drug-likeness (QED) is 0.546. The number of aliphatic hydroxyl groups excluding tert-OH is 1. The predicted octanol–water partition coefficient (Wildman–Crippen LogP) is -1.49. The van der Waals surface area contributed by atoms with Gasteiger partial charge in [0, 0.05) is 26.2 Å². The van der Waals surface area contributed by atoms with Crippen molar-refractivity contribution in [3.05, 3.63) is 0 Å². The Morgan fingerprint density at radius 3 is 2.31 bits per heavy atom. The summed E-state index contributed by atoms with van der Waals surface area (Å²) in [6, 6.07) is 0. The fourth-order valence-electron chi connectivity index (χ4n) is 1.14. The van der Waals surface area contributed by atoms with E-state index in [1.54, 1.807) is 6.92 Å². The Morgan fingerprint density at radius 1 is 1.25 bits per heavy atom. The Balaban J connectivity index is 4.01. The van der Waals surface area contributed by atoms with Crippen LogP contribution in [0.1, 0.15) is 6.92 Å². The highest BCUT2D eigenvalue weighted by molar-refractivity contribution is 6.34. The molecule has 2 N–H and O–H groups in total. The molecule has 0 aromatic carbocycles. The molecule has 0 rings (SSSR count). The van der Waals surface area contributed by atoms with Gasteiger partial charge in [-0.3, -0.25) is 9.59 Å². The van der Waals surface area contributed by atoms with Crippen molar-refractivity contribution in [3.63, 3.8) is 0 Å². The molecule has 0 aromatic rings. The summed E-state index contributed by atoms with van der Waals surface area (Å²) in [5, 5.41) is 11.2. The molecule has 0 aliphatic heterocycles. The van der Waals surface area contributed by atoms with Gasteiger partial charge in [-0.1, -0.05) is 0 Å². The third-order valence-corrected chi connectivity index (χ3v) is 2.08. The van der Waals surface area contributed by atoms with E-state index < -0.39 is 11.8 Å². The number of carbonyl (C=O) groups excluding carboxylic acids is 2. The van der Waals surface area contributed by atoms with Gasteiger partial charge in [0.25, 0.3) is 0 Å². The average Bonchev–Trinajstić information content (AvgIpc) is 2.24. The molecule has 0 atom stereocenters. The van der Waals surface area contributed by atoms with E-state index in [4.69, 9.17) is 5.11 Å². The fourth-order valence-corrected chi connectivity index (χ4v) is 1.14. The second-order valence-corrected chi connectivity index (χ2v) is 3.67. The molecule has 0 radical (unpaired) electrons. The van der Waals surface area contributed by atoms with Crippen molar-refractivity contribution in [1.82, 2.24) is 15.1 Å². The van der Waals surface area contributed by atoms with Gasteiger partial charge < -0.3 is 20.2 Å². The van der Waals surface area contributed by atoms with Gasteiger partial charge in [0.15, 0.2) is 0 Å². The first-order chi connectivity index (χ1) is 7.52. The van der Waals surface area contributed by atoms with E-state index in [2.05, 4.69) is 5.32 Å². The molecule has 0 heterocycles. The summed E-state index contributed by atoms with van der Waals surface area (Å²) in [6.45, 7) is 3.36. The zero-order valence-corrected chi connectivity index (χ0v) is 10.2. The Morgan fingerprint density at radius 2 is 1.88 bits per heavy atom. The normalized spacial score (nSPS) is 10.3. The molecule has 0 aliphatic carbocycles. The summed E-state index contributed by atoms with van der Waals surface area (Å²) in [5.41, 5.74) is 0. The van der Waals surface area contributed by atoms with Gasteiger partial charge in [-0.2, -0.15) is 0 Å². The van der Waals surface area contributed by atoms with Crippen molar-refractivity contribution in [2.24, 2.45) is 0 Å². The van der Waals surface area contributed by atoms with E-state index in [-0.39, 0.29) is 13.2 Å². The molecule has 0 spiro atoms. The lowest BCUT2D eigenvalue weighted by molar-refractivity contribution is -0.146. The molecule has 0 fully saturated rings. The molecule has 0 saturated carbocycles. The van der Waals surface area contributed by atoms with Crippen LogP contribution in [0.3, 0.4) is 0 Å². The minimum absolute atomic E-state index is 0.134. The maximum absolute atomic E-state index is 11.5. The lowest BCUT2D eigenvalue weighted by Crippen LogP contribution is -2.45. The van der Waals surface area contributed by atoms with Crippen LogP contribution in [-0.2, 0) is 9.59 Å². The smallest absolute Gasteiger partial charge is 0.311 e. The molecule has 2 amide bonds. The number of nitrogens with zero attached hydrogens (tertiary/aromatic N) is 2. The maximum Gasteiger partial charge on any atom is 0.311 e. The van der Waals surface area contributed by atoms with E-state index in [0.29, 0.717) is 19.6 Å². The average molecular weight is 231 g/mol. The molecule has 16 heavy (non-hydrogen) atoms. The number of carbonyl (C=O) groups is 2. The van der Waals surface area contributed by atoms with Crippen molar-refractivity contribution in [3.8, 4) is 0 Å². The minimum Gasteiger partial charge on any atom is -0.395 e. The summed E-state index contributed by atoms with van der Waals surface area (Å²) in [6.07, 6.45) is 0. The minimum atomic E-state index is -0.614. The van der Waals surface area contributed by atoms with Crippen molar-refractivity contribution < 1.29 is 14.7 Å². The maximum atomic E-state index is 11.5. The zero-order valence-electron chi connectivity index (χ0n) is 10.2. The molecule has 6 heteroatoms. The molecule has 0 bridgehead atoms. The molecule has 0 aliphatic rings. The van der Waals surface area contributed by atoms with E-state index >= 15 is 0 Å². The second-order valence-electron chi connectivity index (χ2n) is 3.67. The first kappa shape index (κ1) is 14.9. The van der Waals surface area contributed by atoms with Gasteiger partial charge in [-0.25, -0.2) is 0 Å². The van der Waals surface area contributed by atoms with Crippen LogP contribution in [0, 0.1) is 0 Å². The summed E-state index contributed by atoms with van der Waals surface area (Å²) < 4.78 is 0. The van der Waals surface area contributed by atoms with E-state index in [0.717, 1.165) is 0 Å². The monoisotopic (exact) mass is 231 g/mol. The van der Waals surface area contributed by atoms with Crippen molar-refractivity contribution in [1.29, 1.82) is 0 Å². The predicted molar refractivity (Wildman–Crippen MR) is 60.9 cm³/mol. The molecular formula is C10H21N3O3. The van der Waals surface area contributed by atoms with E-state index in [9.17, 15) is 9.59 Å². The van der Waals surface area contributed by atoms with Gasteiger partial charge in [0.05, 0.1) is 6.61 Å². The van der Waals surface area contributed by atoms with Crippen molar-refractivity contribution >= 4 is 11.8 Å². The highest BCUT2D eigenvalue weighted by Gasteiger charge is 2.19. The van der Waals surface area contributed by atoms with Crippen LogP contribution in [0.25, 0.3) is 0 Å². The van der Waals surface area contributed by atoms with Gasteiger partial charge in [-0.15, -0.1) is 0 Å². The molecule has 0 aromatic heterocycles. The Kier molecular flexibility index (Phi) is 7.49. The Hall–Kier alpha value is -1.14. The summed E-state index contributed by atoms with van der Waals surface area (Å²) in [7, 11) is 3.77. The summed E-state index contributed by atoms with van der Waals surface area (Å²) in [4.78, 5) is 26.1. The first-order valence-electron chi connectivity index (χ1n) is 5.35. The number of aliphatic hydroxyl groups is 1. The summed E-state index contributed by atoms with van der Waals surface area (Å²) >= 11 is 0. The molecular weight excluding hydrogens is 210 g/mol. The molecule has 0 unspecified atom stereocenters. The lowest BCUT2D eigenvalue weighted by atomic mass is 10.4. The number of nitrogens with one attached hydrogen (secondary N) is 1. The van der Waals surface area contributed by atoms with Crippen LogP contribution in [-0.4, -0.2) is 73.6 Å². The second kappa shape index (κ2) is 8.06. The standard InChI is InChI=1S/C10H21N3O3/c1-4-13(7-8-14)10(16)9(15)11-5-6-12(2)3/h14H,4-8H2,1-3H3,(H,11,15). The van der Waals surface area contributed by atoms with Crippen molar-refractivity contribution in [2.75, 3.05) is 46.9 Å². The highest BCUT2D eigenvalue weighted by atomic mass is 16.3. The number of hydrogen-bond donors (Lipinski definition) is 2. The van der Waals surface area contributed by atoms with Gasteiger partial charge in [-0.05, 0) is 21.0 Å². The number of amides is 2. The number of rotatable bonds is 6. The van der Waals surface area contributed by atoms with Crippen LogP contribution in [0.5, 0.6) is 0 Å². The molecule has 0 saturated heterocycles. The molecule has 6 nitrogen and oxygen atoms in total. The van der Waals surface area contributed by atoms with Gasteiger partial charge in [0.1, 0.15) is 0 Å². The first-order valence-corrected chi connectivity index (χ1v) is 5.35. The molecule has 94 valence electrons. The number of likely N-dealkylation sites (N-methyl/N-ethyl adjacent to an activating group) is 2. The van der Waals surface area contributed by atoms with Gasteiger partial charge in [0.2, 0.25) is 0 Å². The number of hydrogen-bond acceptors (Lipinski definition) is 4. The van der Waals surface area contributed by atoms with Crippen LogP contribution >= 0.6 is 0 Å². The van der Waals surface area contributed by atoms with Crippen LogP contribution < -0.4 is 5.32 Å². The third kappa shape index (κ3) is 5.67. The Bertz CT molecular complexity index is 231. The fraction of sp³-hybridized carbons (Fsp3) is 0.800. The summed E-state index contributed by atoms with van der Waals surface area (Å²) in [5.74, 6) is -1.20. The van der Waals surface area contributed by atoms with Crippen molar-refractivity contribution in [2.45, 2.75) is 6.92 Å². The largest absolute Gasteiger partial charge is 0.395 e.